The lowest BCUT2D eigenvalue weighted by atomic mass is 10.1. The molecule has 1 aliphatic rings. The minimum atomic E-state index is -4.07. The van der Waals surface area contributed by atoms with Crippen molar-refractivity contribution in [3.8, 4) is 0 Å². The number of fused-ring (bicyclic) bond motifs is 1. The van der Waals surface area contributed by atoms with Gasteiger partial charge in [-0.2, -0.15) is 4.31 Å². The molecule has 1 saturated heterocycles. The van der Waals surface area contributed by atoms with E-state index in [1.165, 1.54) is 34.4 Å². The van der Waals surface area contributed by atoms with Gasteiger partial charge in [-0.1, -0.05) is 48.5 Å². The second-order valence-corrected chi connectivity index (χ2v) is 11.6. The number of hydrogen-bond acceptors (Lipinski definition) is 5. The number of carbonyl (C=O) groups excluding carboxylic acids is 2. The van der Waals surface area contributed by atoms with E-state index in [9.17, 15) is 22.4 Å². The van der Waals surface area contributed by atoms with Gasteiger partial charge in [0.1, 0.15) is 11.9 Å². The Kier molecular flexibility index (Phi) is 7.05. The van der Waals surface area contributed by atoms with Crippen LogP contribution in [0.4, 0.5) is 4.39 Å². The minimum Gasteiger partial charge on any atom is -0.350 e. The van der Waals surface area contributed by atoms with Crippen molar-refractivity contribution < 1.29 is 22.4 Å². The summed E-state index contributed by atoms with van der Waals surface area (Å²) in [4.78, 5) is 28.3. The molecule has 2 amide bonds. The predicted octanol–water partition coefficient (Wildman–Crippen LogP) is 3.87. The zero-order valence-electron chi connectivity index (χ0n) is 19.7. The summed E-state index contributed by atoms with van der Waals surface area (Å²) in [6.07, 6.45) is 0. The summed E-state index contributed by atoms with van der Waals surface area (Å²) in [6.45, 7) is 0.00111. The number of hydrogen-bond donors (Lipinski definition) is 1. The fourth-order valence-electron chi connectivity index (χ4n) is 4.42. The third kappa shape index (κ3) is 5.27. The predicted molar refractivity (Wildman–Crippen MR) is 140 cm³/mol. The summed E-state index contributed by atoms with van der Waals surface area (Å²) in [5.74, 6) is -1.46. The van der Waals surface area contributed by atoms with Gasteiger partial charge in [-0.25, -0.2) is 12.8 Å². The van der Waals surface area contributed by atoms with E-state index >= 15 is 0 Å². The normalized spacial score (nSPS) is 16.6. The maximum absolute atomic E-state index is 13.8. The van der Waals surface area contributed by atoms with Crippen LogP contribution in [0, 0.1) is 5.82 Å². The Labute approximate surface area is 218 Å². The number of sulfonamides is 1. The number of piperazine rings is 1. The molecule has 1 N–H and O–H groups in total. The van der Waals surface area contributed by atoms with Gasteiger partial charge in [0.25, 0.3) is 5.91 Å². The molecule has 4 aromatic rings. The summed E-state index contributed by atoms with van der Waals surface area (Å²) in [5, 5.41) is 6.76. The van der Waals surface area contributed by atoms with Crippen LogP contribution in [-0.4, -0.2) is 55.1 Å². The molecule has 190 valence electrons. The van der Waals surface area contributed by atoms with Gasteiger partial charge in [0.05, 0.1) is 9.77 Å². The Bertz CT molecular complexity index is 1560. The molecule has 1 aliphatic heterocycles. The largest absolute Gasteiger partial charge is 0.350 e. The van der Waals surface area contributed by atoms with E-state index < -0.39 is 27.8 Å². The van der Waals surface area contributed by atoms with Crippen LogP contribution in [0.25, 0.3) is 10.8 Å². The third-order valence-electron chi connectivity index (χ3n) is 6.35. The molecule has 1 fully saturated rings. The molecular formula is C27H24FN3O4S2. The fraction of sp³-hybridized carbons (Fsp3) is 0.185. The van der Waals surface area contributed by atoms with Crippen LogP contribution in [-0.2, 0) is 21.4 Å². The Morgan fingerprint density at radius 1 is 0.946 bits per heavy atom. The second-order valence-electron chi connectivity index (χ2n) is 8.71. The lowest BCUT2D eigenvalue weighted by Crippen LogP contribution is -2.61. The highest BCUT2D eigenvalue weighted by Gasteiger charge is 2.40. The number of amides is 2. The first-order valence-electron chi connectivity index (χ1n) is 11.7. The van der Waals surface area contributed by atoms with Crippen LogP contribution < -0.4 is 5.32 Å². The standard InChI is InChI=1S/C27H24FN3O4S2/c28-22-7-3-8-23(16-22)37(34,35)30-12-13-31(27(33)25-9-4-14-36-25)24(18-30)26(32)29-17-19-10-11-20-5-1-2-6-21(20)15-19/h1-11,14-16,24H,12-13,17-18H2,(H,29,32). The molecule has 2 heterocycles. The number of halogens is 1. The molecule has 1 unspecified atom stereocenters. The van der Waals surface area contributed by atoms with Crippen LogP contribution in [0.3, 0.4) is 0 Å². The third-order valence-corrected chi connectivity index (χ3v) is 9.07. The van der Waals surface area contributed by atoms with Crippen LogP contribution in [0.1, 0.15) is 15.2 Å². The number of nitrogens with one attached hydrogen (secondary N) is 1. The highest BCUT2D eigenvalue weighted by atomic mass is 32.2. The van der Waals surface area contributed by atoms with E-state index in [0.717, 1.165) is 26.7 Å². The van der Waals surface area contributed by atoms with Gasteiger partial charge < -0.3 is 10.2 Å². The Morgan fingerprint density at radius 2 is 1.76 bits per heavy atom. The van der Waals surface area contributed by atoms with Crippen molar-refractivity contribution in [2.75, 3.05) is 19.6 Å². The molecule has 10 heteroatoms. The quantitative estimate of drug-likeness (QED) is 0.405. The molecule has 1 aromatic heterocycles. The molecule has 0 radical (unpaired) electrons. The topological polar surface area (TPSA) is 86.8 Å². The van der Waals surface area contributed by atoms with Crippen molar-refractivity contribution in [3.63, 3.8) is 0 Å². The zero-order valence-corrected chi connectivity index (χ0v) is 21.3. The van der Waals surface area contributed by atoms with Gasteiger partial charge in [-0.3, -0.25) is 9.59 Å². The monoisotopic (exact) mass is 537 g/mol. The van der Waals surface area contributed by atoms with Gasteiger partial charge in [-0.15, -0.1) is 11.3 Å². The average molecular weight is 538 g/mol. The molecule has 1 atom stereocenters. The number of benzene rings is 3. The van der Waals surface area contributed by atoms with Crippen LogP contribution in [0.5, 0.6) is 0 Å². The molecular weight excluding hydrogens is 513 g/mol. The molecule has 37 heavy (non-hydrogen) atoms. The minimum absolute atomic E-state index is 0.00951. The fourth-order valence-corrected chi connectivity index (χ4v) is 6.57. The highest BCUT2D eigenvalue weighted by Crippen LogP contribution is 2.24. The van der Waals surface area contributed by atoms with Crippen molar-refractivity contribution in [2.45, 2.75) is 17.5 Å². The van der Waals surface area contributed by atoms with E-state index in [1.54, 1.807) is 17.5 Å². The first-order chi connectivity index (χ1) is 17.8. The first-order valence-corrected chi connectivity index (χ1v) is 14.0. The summed E-state index contributed by atoms with van der Waals surface area (Å²) in [6, 6.07) is 20.9. The average Bonchev–Trinajstić information content (AvgIpc) is 3.46. The first kappa shape index (κ1) is 25.1. The van der Waals surface area contributed by atoms with Crippen molar-refractivity contribution in [1.82, 2.24) is 14.5 Å². The van der Waals surface area contributed by atoms with E-state index in [4.69, 9.17) is 0 Å². The van der Waals surface area contributed by atoms with Crippen LogP contribution >= 0.6 is 11.3 Å². The molecule has 0 bridgehead atoms. The maximum Gasteiger partial charge on any atom is 0.264 e. The lowest BCUT2D eigenvalue weighted by Gasteiger charge is -2.39. The molecule has 5 rings (SSSR count). The summed E-state index contributed by atoms with van der Waals surface area (Å²) < 4.78 is 41.4. The van der Waals surface area contributed by atoms with E-state index in [1.807, 2.05) is 42.5 Å². The smallest absolute Gasteiger partial charge is 0.264 e. The van der Waals surface area contributed by atoms with Crippen molar-refractivity contribution in [2.24, 2.45) is 0 Å². The Morgan fingerprint density at radius 3 is 2.51 bits per heavy atom. The maximum atomic E-state index is 13.8. The van der Waals surface area contributed by atoms with E-state index in [0.29, 0.717) is 4.88 Å². The van der Waals surface area contributed by atoms with E-state index in [2.05, 4.69) is 5.32 Å². The van der Waals surface area contributed by atoms with Gasteiger partial charge in [0.15, 0.2) is 0 Å². The van der Waals surface area contributed by atoms with Crippen molar-refractivity contribution in [1.29, 1.82) is 0 Å². The number of carbonyl (C=O) groups is 2. The Hall–Kier alpha value is -3.60. The van der Waals surface area contributed by atoms with Gasteiger partial charge in [-0.05, 0) is 52.0 Å². The van der Waals surface area contributed by atoms with Gasteiger partial charge in [0, 0.05) is 26.2 Å². The van der Waals surface area contributed by atoms with Crippen molar-refractivity contribution >= 4 is 43.9 Å². The molecule has 0 aliphatic carbocycles. The van der Waals surface area contributed by atoms with Gasteiger partial charge in [0.2, 0.25) is 15.9 Å². The molecule has 7 nitrogen and oxygen atoms in total. The Balaban J connectivity index is 1.38. The summed E-state index contributed by atoms with van der Waals surface area (Å²) in [5.41, 5.74) is 0.878. The van der Waals surface area contributed by atoms with Gasteiger partial charge >= 0.3 is 0 Å². The van der Waals surface area contributed by atoms with E-state index in [-0.39, 0.29) is 37.0 Å². The summed E-state index contributed by atoms with van der Waals surface area (Å²) in [7, 11) is -4.07. The molecule has 3 aromatic carbocycles. The van der Waals surface area contributed by atoms with Crippen LogP contribution in [0.15, 0.2) is 89.1 Å². The number of rotatable bonds is 6. The zero-order chi connectivity index (χ0) is 26.0. The second kappa shape index (κ2) is 10.4. The van der Waals surface area contributed by atoms with Crippen LogP contribution in [0.2, 0.25) is 0 Å². The SMILES string of the molecule is O=C(NCc1ccc2ccccc2c1)C1CN(S(=O)(=O)c2cccc(F)c2)CCN1C(=O)c1cccs1. The van der Waals surface area contributed by atoms with Crippen molar-refractivity contribution in [3.05, 3.63) is 101 Å². The number of thiophene rings is 1. The molecule has 0 spiro atoms. The summed E-state index contributed by atoms with van der Waals surface area (Å²) >= 11 is 1.26. The lowest BCUT2D eigenvalue weighted by molar-refractivity contribution is -0.127. The molecule has 0 saturated carbocycles. The number of nitrogens with zero attached hydrogens (tertiary/aromatic N) is 2. The highest BCUT2D eigenvalue weighted by molar-refractivity contribution is 7.89.